The van der Waals surface area contributed by atoms with Crippen molar-refractivity contribution in [3.63, 3.8) is 0 Å². The van der Waals surface area contributed by atoms with Crippen molar-refractivity contribution in [1.82, 2.24) is 5.32 Å². The third kappa shape index (κ3) is 1.36. The van der Waals surface area contributed by atoms with Gasteiger partial charge in [-0.2, -0.15) is 0 Å². The summed E-state index contributed by atoms with van der Waals surface area (Å²) in [6.07, 6.45) is -1.78. The third-order valence-corrected chi connectivity index (χ3v) is 1.43. The molecule has 0 aromatic carbocycles. The number of carbonyl (C=O) groups is 1. The number of hydrogen-bond acceptors (Lipinski definition) is 2. The Morgan fingerprint density at radius 1 is 1.64 bits per heavy atom. The van der Waals surface area contributed by atoms with E-state index in [1.165, 1.54) is 0 Å². The van der Waals surface area contributed by atoms with Crippen LogP contribution in [0.5, 0.6) is 0 Å². The van der Waals surface area contributed by atoms with Crippen LogP contribution in [-0.2, 0) is 4.79 Å². The van der Waals surface area contributed by atoms with Crippen LogP contribution >= 0.6 is 0 Å². The van der Waals surface area contributed by atoms with Gasteiger partial charge in [-0.15, -0.1) is 0 Å². The van der Waals surface area contributed by atoms with Gasteiger partial charge in [0.1, 0.15) is 6.67 Å². The Bertz CT molecular complexity index is 202. The predicted molar refractivity (Wildman–Crippen MR) is 32.0 cm³/mol. The fourth-order valence-electron chi connectivity index (χ4n) is 0.829. The first-order chi connectivity index (χ1) is 5.16. The molecule has 1 heterocycles. The minimum atomic E-state index is -2.78. The number of nitrogens with one attached hydrogen (secondary N) is 1. The Hall–Kier alpha value is -1.00. The van der Waals surface area contributed by atoms with Gasteiger partial charge in [0.25, 0.3) is 6.43 Å². The molecule has 0 saturated heterocycles. The Balaban J connectivity index is 2.64. The Kier molecular flexibility index (Phi) is 2.16. The van der Waals surface area contributed by atoms with Gasteiger partial charge in [-0.3, -0.25) is 4.79 Å². The molecule has 0 saturated carbocycles. The Morgan fingerprint density at radius 3 is 2.55 bits per heavy atom. The lowest BCUT2D eigenvalue weighted by atomic mass is 10.1. The summed E-state index contributed by atoms with van der Waals surface area (Å²) in [5.74, 6) is -0.845. The molecule has 11 heavy (non-hydrogen) atoms. The molecule has 1 aliphatic rings. The number of hydrogen-bond donors (Lipinski definition) is 1. The van der Waals surface area contributed by atoms with E-state index in [4.69, 9.17) is 0 Å². The van der Waals surface area contributed by atoms with E-state index in [2.05, 4.69) is 5.32 Å². The van der Waals surface area contributed by atoms with E-state index in [1.807, 2.05) is 0 Å². The summed E-state index contributed by atoms with van der Waals surface area (Å²) >= 11 is 0. The summed E-state index contributed by atoms with van der Waals surface area (Å²) < 4.78 is 35.5. The SMILES string of the molecule is O=C1C(CF)=CNC1C(F)F. The summed E-state index contributed by atoms with van der Waals surface area (Å²) in [7, 11) is 0. The maximum atomic E-state index is 11.9. The molecular weight excluding hydrogens is 159 g/mol. The minimum Gasteiger partial charge on any atom is -0.376 e. The highest BCUT2D eigenvalue weighted by Gasteiger charge is 2.33. The maximum Gasteiger partial charge on any atom is 0.265 e. The van der Waals surface area contributed by atoms with Gasteiger partial charge in [-0.25, -0.2) is 13.2 Å². The third-order valence-electron chi connectivity index (χ3n) is 1.43. The standard InChI is InChI=1S/C6H6F3NO/c7-1-3-2-10-4(5(3)11)6(8)9/h2,4,6,10H,1H2. The Morgan fingerprint density at radius 2 is 2.27 bits per heavy atom. The van der Waals surface area contributed by atoms with Crippen LogP contribution < -0.4 is 5.32 Å². The van der Waals surface area contributed by atoms with Gasteiger partial charge in [-0.1, -0.05) is 0 Å². The van der Waals surface area contributed by atoms with Gasteiger partial charge in [0.2, 0.25) is 0 Å². The smallest absolute Gasteiger partial charge is 0.265 e. The molecule has 1 atom stereocenters. The molecule has 1 aliphatic heterocycles. The van der Waals surface area contributed by atoms with Crippen LogP contribution in [0, 0.1) is 0 Å². The molecule has 0 aromatic rings. The van der Waals surface area contributed by atoms with Gasteiger partial charge in [0.05, 0.1) is 0 Å². The van der Waals surface area contributed by atoms with Crippen LogP contribution in [-0.4, -0.2) is 24.9 Å². The van der Waals surface area contributed by atoms with E-state index in [0.29, 0.717) is 0 Å². The van der Waals surface area contributed by atoms with Gasteiger partial charge in [-0.05, 0) is 0 Å². The second-order valence-corrected chi connectivity index (χ2v) is 2.15. The van der Waals surface area contributed by atoms with Crippen molar-refractivity contribution in [2.75, 3.05) is 6.67 Å². The lowest BCUT2D eigenvalue weighted by Gasteiger charge is -2.06. The predicted octanol–water partition coefficient (Wildman–Crippen LogP) is 0.646. The summed E-state index contributed by atoms with van der Waals surface area (Å²) in [5.41, 5.74) is -0.213. The van der Waals surface area contributed by atoms with Gasteiger partial charge in [0.15, 0.2) is 11.8 Å². The molecule has 5 heteroatoms. The van der Waals surface area contributed by atoms with Crippen molar-refractivity contribution in [1.29, 1.82) is 0 Å². The molecule has 62 valence electrons. The van der Waals surface area contributed by atoms with Crippen molar-refractivity contribution in [3.05, 3.63) is 11.8 Å². The highest BCUT2D eigenvalue weighted by molar-refractivity contribution is 6.02. The maximum absolute atomic E-state index is 11.9. The van der Waals surface area contributed by atoms with Gasteiger partial charge >= 0.3 is 0 Å². The molecule has 0 spiro atoms. The summed E-state index contributed by atoms with van der Waals surface area (Å²) in [5, 5.41) is 2.11. The van der Waals surface area contributed by atoms with E-state index in [9.17, 15) is 18.0 Å². The van der Waals surface area contributed by atoms with E-state index in [0.717, 1.165) is 6.20 Å². The summed E-state index contributed by atoms with van der Waals surface area (Å²) in [6, 6.07) is -1.54. The van der Waals surface area contributed by atoms with Gasteiger partial charge in [0, 0.05) is 11.8 Å². The largest absolute Gasteiger partial charge is 0.376 e. The van der Waals surface area contributed by atoms with Crippen molar-refractivity contribution < 1.29 is 18.0 Å². The van der Waals surface area contributed by atoms with Crippen LogP contribution in [0.1, 0.15) is 0 Å². The topological polar surface area (TPSA) is 29.1 Å². The molecule has 0 fully saturated rings. The van der Waals surface area contributed by atoms with Crippen molar-refractivity contribution in [3.8, 4) is 0 Å². The van der Waals surface area contributed by atoms with Crippen molar-refractivity contribution >= 4 is 5.78 Å². The summed E-state index contributed by atoms with van der Waals surface area (Å²) in [4.78, 5) is 10.7. The zero-order valence-corrected chi connectivity index (χ0v) is 5.48. The fourth-order valence-corrected chi connectivity index (χ4v) is 0.829. The number of ketones is 1. The van der Waals surface area contributed by atoms with E-state index in [-0.39, 0.29) is 5.57 Å². The number of alkyl halides is 3. The minimum absolute atomic E-state index is 0.213. The zero-order valence-electron chi connectivity index (χ0n) is 5.48. The monoisotopic (exact) mass is 165 g/mol. The van der Waals surface area contributed by atoms with Gasteiger partial charge < -0.3 is 5.32 Å². The molecule has 2 nitrogen and oxygen atoms in total. The van der Waals surface area contributed by atoms with Crippen LogP contribution in [0.4, 0.5) is 13.2 Å². The van der Waals surface area contributed by atoms with Crippen molar-refractivity contribution in [2.45, 2.75) is 12.5 Å². The number of rotatable bonds is 2. The first-order valence-corrected chi connectivity index (χ1v) is 3.00. The highest BCUT2D eigenvalue weighted by Crippen LogP contribution is 2.13. The number of Topliss-reactive ketones (excluding diaryl/α,β-unsaturated/α-hetero) is 1. The molecule has 1 rings (SSSR count). The first kappa shape index (κ1) is 8.10. The second kappa shape index (κ2) is 2.94. The van der Waals surface area contributed by atoms with Crippen LogP contribution in [0.3, 0.4) is 0 Å². The normalized spacial score (nSPS) is 23.8. The quantitative estimate of drug-likeness (QED) is 0.650. The number of halogens is 3. The number of carbonyl (C=O) groups excluding carboxylic acids is 1. The Labute approximate surface area is 61.1 Å². The molecule has 0 aromatic heterocycles. The molecule has 1 unspecified atom stereocenters. The van der Waals surface area contributed by atoms with Crippen LogP contribution in [0.15, 0.2) is 11.8 Å². The molecule has 1 N–H and O–H groups in total. The highest BCUT2D eigenvalue weighted by atomic mass is 19.3. The molecule has 0 amide bonds. The van der Waals surface area contributed by atoms with Crippen LogP contribution in [0.25, 0.3) is 0 Å². The molecule has 0 aliphatic carbocycles. The lowest BCUT2D eigenvalue weighted by Crippen LogP contribution is -2.35. The molecule has 0 bridgehead atoms. The van der Waals surface area contributed by atoms with Crippen LogP contribution in [0.2, 0.25) is 0 Å². The average molecular weight is 165 g/mol. The molecular formula is C6H6F3NO. The zero-order chi connectivity index (χ0) is 8.43. The van der Waals surface area contributed by atoms with E-state index >= 15 is 0 Å². The summed E-state index contributed by atoms with van der Waals surface area (Å²) in [6.45, 7) is -0.991. The van der Waals surface area contributed by atoms with Crippen molar-refractivity contribution in [2.24, 2.45) is 0 Å². The lowest BCUT2D eigenvalue weighted by molar-refractivity contribution is -0.119. The first-order valence-electron chi connectivity index (χ1n) is 3.00. The molecule has 0 radical (unpaired) electrons. The fraction of sp³-hybridized carbons (Fsp3) is 0.500. The second-order valence-electron chi connectivity index (χ2n) is 2.15. The average Bonchev–Trinajstić information content (AvgIpc) is 2.30. The van der Waals surface area contributed by atoms with E-state index < -0.39 is 24.9 Å². The van der Waals surface area contributed by atoms with E-state index in [1.54, 1.807) is 0 Å².